The van der Waals surface area contributed by atoms with E-state index >= 15 is 0 Å². The highest BCUT2D eigenvalue weighted by Crippen LogP contribution is 2.37. The van der Waals surface area contributed by atoms with Gasteiger partial charge in [-0.15, -0.1) is 0 Å². The molecule has 0 aliphatic heterocycles. The van der Waals surface area contributed by atoms with Crippen molar-refractivity contribution in [3.8, 4) is 5.75 Å². The normalized spacial score (nSPS) is 16.9. The van der Waals surface area contributed by atoms with Crippen LogP contribution in [0.5, 0.6) is 5.75 Å². The summed E-state index contributed by atoms with van der Waals surface area (Å²) >= 11 is 9.48. The number of hydrogen-bond acceptors (Lipinski definition) is 2. The van der Waals surface area contributed by atoms with Crippen LogP contribution in [-0.2, 0) is 6.42 Å². The molecule has 1 aliphatic rings. The molecule has 20 heavy (non-hydrogen) atoms. The lowest BCUT2D eigenvalue weighted by molar-refractivity contribution is 0.414. The molecule has 1 atom stereocenters. The topological polar surface area (TPSA) is 21.3 Å². The lowest BCUT2D eigenvalue weighted by Crippen LogP contribution is -2.07. The van der Waals surface area contributed by atoms with Crippen LogP contribution >= 0.6 is 27.5 Å². The second-order valence-electron chi connectivity index (χ2n) is 4.93. The predicted molar refractivity (Wildman–Crippen MR) is 86.8 cm³/mol. The summed E-state index contributed by atoms with van der Waals surface area (Å²) in [7, 11) is 1.70. The summed E-state index contributed by atoms with van der Waals surface area (Å²) in [6.07, 6.45) is 2.20. The van der Waals surface area contributed by atoms with Crippen molar-refractivity contribution < 1.29 is 4.74 Å². The SMILES string of the molecule is COc1ccc2c(c1)C(Nc1ccc(Cl)c(Br)c1)CC2. The fourth-order valence-electron chi connectivity index (χ4n) is 2.64. The Kier molecular flexibility index (Phi) is 3.90. The van der Waals surface area contributed by atoms with Gasteiger partial charge in [-0.3, -0.25) is 0 Å². The van der Waals surface area contributed by atoms with Crippen LogP contribution in [0.1, 0.15) is 23.6 Å². The maximum absolute atomic E-state index is 6.03. The van der Waals surface area contributed by atoms with Crippen molar-refractivity contribution in [2.75, 3.05) is 12.4 Å². The van der Waals surface area contributed by atoms with Gasteiger partial charge in [0.05, 0.1) is 18.2 Å². The summed E-state index contributed by atoms with van der Waals surface area (Å²) in [5, 5.41) is 4.30. The lowest BCUT2D eigenvalue weighted by atomic mass is 10.1. The zero-order valence-electron chi connectivity index (χ0n) is 11.1. The molecule has 0 saturated carbocycles. The molecule has 0 amide bonds. The second-order valence-corrected chi connectivity index (χ2v) is 6.19. The molecule has 2 aromatic carbocycles. The highest BCUT2D eigenvalue weighted by atomic mass is 79.9. The van der Waals surface area contributed by atoms with Gasteiger partial charge in [0.1, 0.15) is 5.75 Å². The first-order chi connectivity index (χ1) is 9.67. The fourth-order valence-corrected chi connectivity index (χ4v) is 3.14. The third kappa shape index (κ3) is 2.65. The van der Waals surface area contributed by atoms with Crippen molar-refractivity contribution >= 4 is 33.2 Å². The number of methoxy groups -OCH3 is 1. The molecule has 2 nitrogen and oxygen atoms in total. The quantitative estimate of drug-likeness (QED) is 0.818. The largest absolute Gasteiger partial charge is 0.497 e. The molecule has 0 spiro atoms. The number of hydrogen-bond donors (Lipinski definition) is 1. The van der Waals surface area contributed by atoms with Gasteiger partial charge in [0.15, 0.2) is 0 Å². The minimum atomic E-state index is 0.327. The molecule has 2 aromatic rings. The van der Waals surface area contributed by atoms with E-state index in [4.69, 9.17) is 16.3 Å². The van der Waals surface area contributed by atoms with Gasteiger partial charge in [0, 0.05) is 10.2 Å². The van der Waals surface area contributed by atoms with Gasteiger partial charge < -0.3 is 10.1 Å². The van der Waals surface area contributed by atoms with Crippen molar-refractivity contribution in [3.63, 3.8) is 0 Å². The van der Waals surface area contributed by atoms with Gasteiger partial charge >= 0.3 is 0 Å². The Morgan fingerprint density at radius 1 is 1.25 bits per heavy atom. The van der Waals surface area contributed by atoms with Crippen LogP contribution in [0, 0.1) is 0 Å². The number of anilines is 1. The van der Waals surface area contributed by atoms with Gasteiger partial charge in [0.25, 0.3) is 0 Å². The summed E-state index contributed by atoms with van der Waals surface area (Å²) in [5.41, 5.74) is 3.80. The maximum atomic E-state index is 6.03. The zero-order valence-corrected chi connectivity index (χ0v) is 13.5. The second kappa shape index (κ2) is 5.66. The van der Waals surface area contributed by atoms with E-state index in [-0.39, 0.29) is 0 Å². The molecule has 0 aromatic heterocycles. The standard InChI is InChI=1S/C16H15BrClNO/c1-20-12-5-2-10-3-7-16(13(10)9-12)19-11-4-6-15(18)14(17)8-11/h2,4-6,8-9,16,19H,3,7H2,1H3. The first-order valence-corrected chi connectivity index (χ1v) is 7.73. The monoisotopic (exact) mass is 351 g/mol. The first kappa shape index (κ1) is 13.8. The zero-order chi connectivity index (χ0) is 14.1. The van der Waals surface area contributed by atoms with Crippen LogP contribution in [0.3, 0.4) is 0 Å². The van der Waals surface area contributed by atoms with Crippen LogP contribution in [0.25, 0.3) is 0 Å². The Balaban J connectivity index is 1.85. The number of fused-ring (bicyclic) bond motifs is 1. The summed E-state index contributed by atoms with van der Waals surface area (Å²) in [6.45, 7) is 0. The van der Waals surface area contributed by atoms with E-state index in [2.05, 4.69) is 33.4 Å². The molecule has 0 fully saturated rings. The molecule has 1 aliphatic carbocycles. The van der Waals surface area contributed by atoms with Crippen molar-refractivity contribution in [1.29, 1.82) is 0 Å². The summed E-state index contributed by atoms with van der Waals surface area (Å²) in [6, 6.07) is 12.6. The van der Waals surface area contributed by atoms with E-state index in [9.17, 15) is 0 Å². The highest BCUT2D eigenvalue weighted by Gasteiger charge is 2.22. The van der Waals surface area contributed by atoms with Gasteiger partial charge in [0.2, 0.25) is 0 Å². The van der Waals surface area contributed by atoms with Crippen molar-refractivity contribution in [2.24, 2.45) is 0 Å². The molecular formula is C16H15BrClNO. The average Bonchev–Trinajstić information content (AvgIpc) is 2.85. The van der Waals surface area contributed by atoms with Crippen LogP contribution in [-0.4, -0.2) is 7.11 Å². The van der Waals surface area contributed by atoms with Crippen molar-refractivity contribution in [1.82, 2.24) is 0 Å². The number of nitrogens with one attached hydrogen (secondary N) is 1. The third-order valence-electron chi connectivity index (χ3n) is 3.69. The molecule has 0 radical (unpaired) electrons. The van der Waals surface area contributed by atoms with E-state index in [1.807, 2.05) is 24.3 Å². The molecule has 0 bridgehead atoms. The van der Waals surface area contributed by atoms with Gasteiger partial charge in [-0.05, 0) is 70.2 Å². The Bertz CT molecular complexity index is 644. The number of ether oxygens (including phenoxy) is 1. The fraction of sp³-hybridized carbons (Fsp3) is 0.250. The average molecular weight is 353 g/mol. The van der Waals surface area contributed by atoms with Gasteiger partial charge in [-0.2, -0.15) is 0 Å². The Morgan fingerprint density at radius 2 is 2.10 bits per heavy atom. The maximum Gasteiger partial charge on any atom is 0.119 e. The van der Waals surface area contributed by atoms with Gasteiger partial charge in [-0.25, -0.2) is 0 Å². The van der Waals surface area contributed by atoms with E-state index in [1.54, 1.807) is 7.11 Å². The minimum Gasteiger partial charge on any atom is -0.497 e. The Labute approximate surface area is 132 Å². The highest BCUT2D eigenvalue weighted by molar-refractivity contribution is 9.10. The molecule has 4 heteroatoms. The van der Waals surface area contributed by atoms with Crippen molar-refractivity contribution in [3.05, 3.63) is 57.0 Å². The molecule has 1 N–H and O–H groups in total. The van der Waals surface area contributed by atoms with Crippen LogP contribution < -0.4 is 10.1 Å². The molecule has 1 unspecified atom stereocenters. The predicted octanol–water partition coefficient (Wildman–Crippen LogP) is 5.21. The smallest absolute Gasteiger partial charge is 0.119 e. The summed E-state index contributed by atoms with van der Waals surface area (Å²) in [4.78, 5) is 0. The number of halogens is 2. The van der Waals surface area contributed by atoms with E-state index in [1.165, 1.54) is 11.1 Å². The Hall–Kier alpha value is -1.19. The van der Waals surface area contributed by atoms with Crippen molar-refractivity contribution in [2.45, 2.75) is 18.9 Å². The molecular weight excluding hydrogens is 338 g/mol. The number of benzene rings is 2. The molecule has 0 saturated heterocycles. The van der Waals surface area contributed by atoms with E-state index < -0.39 is 0 Å². The summed E-state index contributed by atoms with van der Waals surface area (Å²) < 4.78 is 6.23. The molecule has 0 heterocycles. The third-order valence-corrected chi connectivity index (χ3v) is 4.91. The molecule has 3 rings (SSSR count). The van der Waals surface area contributed by atoms with E-state index in [0.29, 0.717) is 6.04 Å². The molecule has 104 valence electrons. The van der Waals surface area contributed by atoms with Crippen LogP contribution in [0.4, 0.5) is 5.69 Å². The van der Waals surface area contributed by atoms with Crippen LogP contribution in [0.15, 0.2) is 40.9 Å². The first-order valence-electron chi connectivity index (χ1n) is 6.56. The number of aryl methyl sites for hydroxylation is 1. The van der Waals surface area contributed by atoms with Gasteiger partial charge in [-0.1, -0.05) is 17.7 Å². The lowest BCUT2D eigenvalue weighted by Gasteiger charge is -2.16. The minimum absolute atomic E-state index is 0.327. The Morgan fingerprint density at radius 3 is 2.85 bits per heavy atom. The van der Waals surface area contributed by atoms with Crippen LogP contribution in [0.2, 0.25) is 5.02 Å². The number of rotatable bonds is 3. The van der Waals surface area contributed by atoms with E-state index in [0.717, 1.165) is 33.8 Å². The summed E-state index contributed by atoms with van der Waals surface area (Å²) in [5.74, 6) is 0.912.